The summed E-state index contributed by atoms with van der Waals surface area (Å²) in [6.45, 7) is 6.87. The van der Waals surface area contributed by atoms with E-state index < -0.39 is 10.0 Å². The van der Waals surface area contributed by atoms with Crippen molar-refractivity contribution in [2.75, 3.05) is 26.2 Å². The van der Waals surface area contributed by atoms with Crippen LogP contribution in [0.2, 0.25) is 0 Å². The third-order valence-electron chi connectivity index (χ3n) is 5.15. The van der Waals surface area contributed by atoms with Gasteiger partial charge in [-0.2, -0.15) is 4.31 Å². The van der Waals surface area contributed by atoms with Crippen LogP contribution >= 0.6 is 0 Å². The first-order valence-corrected chi connectivity index (χ1v) is 10.1. The molecule has 0 atom stereocenters. The highest BCUT2D eigenvalue weighted by molar-refractivity contribution is 7.89. The van der Waals surface area contributed by atoms with Gasteiger partial charge in [0.05, 0.1) is 0 Å². The molecule has 7 heteroatoms. The summed E-state index contributed by atoms with van der Waals surface area (Å²) in [5.74, 6) is 0.386. The molecule has 1 aromatic heterocycles. The molecule has 6 nitrogen and oxygen atoms in total. The van der Waals surface area contributed by atoms with Gasteiger partial charge in [-0.05, 0) is 52.6 Å². The fraction of sp³-hybridized carbons (Fsp3) is 0.812. The molecule has 0 aliphatic carbocycles. The maximum Gasteiger partial charge on any atom is 0.248 e. The highest BCUT2D eigenvalue weighted by Gasteiger charge is 2.35. The minimum atomic E-state index is -3.48. The molecule has 0 radical (unpaired) electrons. The average molecular weight is 341 g/mol. The molecule has 0 unspecified atom stereocenters. The van der Waals surface area contributed by atoms with E-state index in [1.54, 1.807) is 18.2 Å². The summed E-state index contributed by atoms with van der Waals surface area (Å²) < 4.78 is 32.3. The van der Waals surface area contributed by atoms with Crippen molar-refractivity contribution in [3.63, 3.8) is 0 Å². The summed E-state index contributed by atoms with van der Waals surface area (Å²) in [4.78, 5) is 2.83. The van der Waals surface area contributed by atoms with E-state index >= 15 is 0 Å². The van der Waals surface area contributed by atoms with Crippen LogP contribution in [-0.2, 0) is 10.0 Å². The Kier molecular flexibility index (Phi) is 5.08. The van der Waals surface area contributed by atoms with Crippen molar-refractivity contribution in [2.45, 2.75) is 63.3 Å². The predicted octanol–water partition coefficient (Wildman–Crippen LogP) is 2.32. The van der Waals surface area contributed by atoms with Gasteiger partial charge in [0.1, 0.15) is 10.6 Å². The van der Waals surface area contributed by atoms with E-state index in [1.807, 2.05) is 0 Å². The molecule has 2 saturated heterocycles. The van der Waals surface area contributed by atoms with Crippen LogP contribution in [0, 0.1) is 13.8 Å². The van der Waals surface area contributed by atoms with Crippen LogP contribution in [0.25, 0.3) is 0 Å². The van der Waals surface area contributed by atoms with Gasteiger partial charge in [0.25, 0.3) is 0 Å². The van der Waals surface area contributed by atoms with Crippen molar-refractivity contribution in [1.82, 2.24) is 14.4 Å². The Hall–Kier alpha value is -0.920. The van der Waals surface area contributed by atoms with Gasteiger partial charge in [-0.3, -0.25) is 0 Å². The first-order valence-electron chi connectivity index (χ1n) is 8.67. The number of rotatable bonds is 3. The Morgan fingerprint density at radius 2 is 1.61 bits per heavy atom. The quantitative estimate of drug-likeness (QED) is 0.844. The SMILES string of the molecule is Cc1noc(C)c1S(=O)(=O)N1CCC(N2CCCCCC2)CC1. The van der Waals surface area contributed by atoms with Crippen molar-refractivity contribution in [2.24, 2.45) is 0 Å². The van der Waals surface area contributed by atoms with Gasteiger partial charge in [-0.1, -0.05) is 18.0 Å². The van der Waals surface area contributed by atoms with Gasteiger partial charge < -0.3 is 9.42 Å². The van der Waals surface area contributed by atoms with Crippen molar-refractivity contribution in [3.8, 4) is 0 Å². The first-order chi connectivity index (χ1) is 11.0. The Balaban J connectivity index is 1.66. The average Bonchev–Trinajstić information content (AvgIpc) is 2.75. The lowest BCUT2D eigenvalue weighted by Gasteiger charge is -2.37. The molecule has 3 rings (SSSR count). The lowest BCUT2D eigenvalue weighted by molar-refractivity contribution is 0.143. The molecule has 2 aliphatic rings. The molecule has 1 aromatic rings. The third-order valence-corrected chi connectivity index (χ3v) is 7.29. The van der Waals surface area contributed by atoms with E-state index in [9.17, 15) is 8.42 Å². The number of piperidine rings is 1. The molecular formula is C16H27N3O3S. The fourth-order valence-corrected chi connectivity index (χ4v) is 5.64. The topological polar surface area (TPSA) is 66.7 Å². The zero-order valence-electron chi connectivity index (χ0n) is 14.1. The monoisotopic (exact) mass is 341 g/mol. The summed E-state index contributed by atoms with van der Waals surface area (Å²) >= 11 is 0. The minimum absolute atomic E-state index is 0.255. The Morgan fingerprint density at radius 1 is 1.00 bits per heavy atom. The standard InChI is InChI=1S/C16H27N3O3S/c1-13-16(14(2)22-17-13)23(20,21)19-11-7-15(8-12-19)18-9-5-3-4-6-10-18/h15H,3-12H2,1-2H3. The second-order valence-corrected chi connectivity index (χ2v) is 8.61. The molecule has 3 heterocycles. The Bertz CT molecular complexity index is 605. The molecular weight excluding hydrogens is 314 g/mol. The van der Waals surface area contributed by atoms with Gasteiger partial charge in [0, 0.05) is 19.1 Å². The molecule has 0 aromatic carbocycles. The summed E-state index contributed by atoms with van der Waals surface area (Å²) in [5, 5.41) is 3.79. The molecule has 130 valence electrons. The van der Waals surface area contributed by atoms with Crippen molar-refractivity contribution in [1.29, 1.82) is 0 Å². The molecule has 0 spiro atoms. The van der Waals surface area contributed by atoms with Crippen molar-refractivity contribution in [3.05, 3.63) is 11.5 Å². The number of aryl methyl sites for hydroxylation is 2. The predicted molar refractivity (Wildman–Crippen MR) is 87.8 cm³/mol. The highest BCUT2D eigenvalue weighted by atomic mass is 32.2. The van der Waals surface area contributed by atoms with Crippen LogP contribution in [0.1, 0.15) is 50.0 Å². The van der Waals surface area contributed by atoms with Crippen LogP contribution in [0.3, 0.4) is 0 Å². The maximum absolute atomic E-state index is 12.8. The van der Waals surface area contributed by atoms with Crippen molar-refractivity contribution >= 4 is 10.0 Å². The van der Waals surface area contributed by atoms with Crippen LogP contribution in [0.4, 0.5) is 0 Å². The molecule has 0 bridgehead atoms. The van der Waals surface area contributed by atoms with Crippen molar-refractivity contribution < 1.29 is 12.9 Å². The fourth-order valence-electron chi connectivity index (χ4n) is 3.88. The number of sulfonamides is 1. The lowest BCUT2D eigenvalue weighted by atomic mass is 10.0. The maximum atomic E-state index is 12.8. The van der Waals surface area contributed by atoms with E-state index in [2.05, 4.69) is 10.1 Å². The number of hydrogen-bond acceptors (Lipinski definition) is 5. The van der Waals surface area contributed by atoms with E-state index in [1.165, 1.54) is 38.8 Å². The highest BCUT2D eigenvalue weighted by Crippen LogP contribution is 2.27. The van der Waals surface area contributed by atoms with Gasteiger partial charge in [0.2, 0.25) is 10.0 Å². The number of hydrogen-bond donors (Lipinski definition) is 0. The Morgan fingerprint density at radius 3 is 2.13 bits per heavy atom. The smallest absolute Gasteiger partial charge is 0.248 e. The zero-order valence-corrected chi connectivity index (χ0v) is 14.9. The number of nitrogens with zero attached hydrogens (tertiary/aromatic N) is 3. The lowest BCUT2D eigenvalue weighted by Crippen LogP contribution is -2.47. The van der Waals surface area contributed by atoms with Crippen LogP contribution in [-0.4, -0.2) is 55.0 Å². The van der Waals surface area contributed by atoms with Gasteiger partial charge in [0.15, 0.2) is 5.76 Å². The summed E-state index contributed by atoms with van der Waals surface area (Å²) in [5.41, 5.74) is 0.456. The molecule has 23 heavy (non-hydrogen) atoms. The second-order valence-electron chi connectivity index (χ2n) is 6.74. The van der Waals surface area contributed by atoms with Gasteiger partial charge in [-0.25, -0.2) is 8.42 Å². The van der Waals surface area contributed by atoms with Crippen LogP contribution in [0.15, 0.2) is 9.42 Å². The summed E-state index contributed by atoms with van der Waals surface area (Å²) in [6.07, 6.45) is 7.05. The molecule has 0 amide bonds. The molecule has 2 fully saturated rings. The largest absolute Gasteiger partial charge is 0.360 e. The number of aromatic nitrogens is 1. The normalized spacial score (nSPS) is 23.0. The van der Waals surface area contributed by atoms with Gasteiger partial charge in [-0.15, -0.1) is 0 Å². The molecule has 0 saturated carbocycles. The number of likely N-dealkylation sites (tertiary alicyclic amines) is 1. The van der Waals surface area contributed by atoms with E-state index in [-0.39, 0.29) is 4.90 Å². The zero-order chi connectivity index (χ0) is 16.4. The summed E-state index contributed by atoms with van der Waals surface area (Å²) in [6, 6.07) is 0.532. The third kappa shape index (κ3) is 3.46. The van der Waals surface area contributed by atoms with Crippen LogP contribution in [0.5, 0.6) is 0 Å². The van der Waals surface area contributed by atoms with E-state index in [0.717, 1.165) is 12.8 Å². The van der Waals surface area contributed by atoms with E-state index in [0.29, 0.717) is 30.6 Å². The van der Waals surface area contributed by atoms with Crippen LogP contribution < -0.4 is 0 Å². The summed E-state index contributed by atoms with van der Waals surface area (Å²) in [7, 11) is -3.48. The first kappa shape index (κ1) is 16.9. The minimum Gasteiger partial charge on any atom is -0.360 e. The molecule has 2 aliphatic heterocycles. The van der Waals surface area contributed by atoms with E-state index in [4.69, 9.17) is 4.52 Å². The Labute approximate surface area is 138 Å². The molecule has 0 N–H and O–H groups in total. The second kappa shape index (κ2) is 6.91. The van der Waals surface area contributed by atoms with Gasteiger partial charge >= 0.3 is 0 Å².